The molecule has 15 heavy (non-hydrogen) atoms. The summed E-state index contributed by atoms with van der Waals surface area (Å²) >= 11 is 3.44. The Morgan fingerprint density at radius 2 is 2.33 bits per heavy atom. The second-order valence-corrected chi connectivity index (χ2v) is 4.67. The highest BCUT2D eigenvalue weighted by Crippen LogP contribution is 2.35. The molecular formula is C11H13BrN2O. The molecule has 0 fully saturated rings. The van der Waals surface area contributed by atoms with Crippen molar-refractivity contribution in [3.63, 3.8) is 0 Å². The lowest BCUT2D eigenvalue weighted by molar-refractivity contribution is -0.116. The summed E-state index contributed by atoms with van der Waals surface area (Å²) in [6.07, 6.45) is 1.40. The van der Waals surface area contributed by atoms with Crippen molar-refractivity contribution in [3.8, 4) is 0 Å². The number of hydrogen-bond acceptors (Lipinski definition) is 2. The normalized spacial score (nSPS) is 19.6. The van der Waals surface area contributed by atoms with Gasteiger partial charge in [-0.2, -0.15) is 0 Å². The van der Waals surface area contributed by atoms with Crippen LogP contribution in [0, 0.1) is 0 Å². The smallest absolute Gasteiger partial charge is 0.224 e. The summed E-state index contributed by atoms with van der Waals surface area (Å²) in [5.41, 5.74) is 7.67. The SMILES string of the molecule is NCCC1CC(=O)Nc2ccc(Br)cc21. The van der Waals surface area contributed by atoms with E-state index in [1.807, 2.05) is 12.1 Å². The summed E-state index contributed by atoms with van der Waals surface area (Å²) < 4.78 is 1.04. The second-order valence-electron chi connectivity index (χ2n) is 3.76. The van der Waals surface area contributed by atoms with E-state index in [0.717, 1.165) is 16.6 Å². The van der Waals surface area contributed by atoms with E-state index in [0.29, 0.717) is 13.0 Å². The van der Waals surface area contributed by atoms with Gasteiger partial charge in [-0.15, -0.1) is 0 Å². The number of carbonyl (C=O) groups excluding carboxylic acids is 1. The number of carbonyl (C=O) groups is 1. The summed E-state index contributed by atoms with van der Waals surface area (Å²) in [4.78, 5) is 11.4. The molecule has 3 N–H and O–H groups in total. The van der Waals surface area contributed by atoms with Crippen LogP contribution in [-0.2, 0) is 4.79 Å². The molecule has 0 bridgehead atoms. The Morgan fingerprint density at radius 3 is 3.07 bits per heavy atom. The zero-order valence-corrected chi connectivity index (χ0v) is 9.88. The van der Waals surface area contributed by atoms with Crippen LogP contribution in [0.5, 0.6) is 0 Å². The molecule has 1 heterocycles. The van der Waals surface area contributed by atoms with Crippen LogP contribution in [0.3, 0.4) is 0 Å². The Hall–Kier alpha value is -0.870. The van der Waals surface area contributed by atoms with E-state index in [9.17, 15) is 4.79 Å². The van der Waals surface area contributed by atoms with Crippen molar-refractivity contribution in [1.29, 1.82) is 0 Å². The molecule has 1 amide bonds. The van der Waals surface area contributed by atoms with Gasteiger partial charge >= 0.3 is 0 Å². The van der Waals surface area contributed by atoms with Gasteiger partial charge < -0.3 is 11.1 Å². The molecule has 2 rings (SSSR count). The summed E-state index contributed by atoms with van der Waals surface area (Å²) in [6, 6.07) is 5.93. The lowest BCUT2D eigenvalue weighted by atomic mass is 9.88. The van der Waals surface area contributed by atoms with Gasteiger partial charge in [-0.3, -0.25) is 4.79 Å². The molecule has 1 aliphatic heterocycles. The minimum Gasteiger partial charge on any atom is -0.330 e. The summed E-state index contributed by atoms with van der Waals surface area (Å²) in [6.45, 7) is 0.615. The molecule has 0 aromatic heterocycles. The highest BCUT2D eigenvalue weighted by Gasteiger charge is 2.24. The molecule has 1 aromatic carbocycles. The topological polar surface area (TPSA) is 55.1 Å². The number of anilines is 1. The Bertz CT molecular complexity index is 392. The monoisotopic (exact) mass is 268 g/mol. The van der Waals surface area contributed by atoms with E-state index >= 15 is 0 Å². The maximum Gasteiger partial charge on any atom is 0.224 e. The first-order valence-electron chi connectivity index (χ1n) is 5.00. The van der Waals surface area contributed by atoms with Gasteiger partial charge in [0.1, 0.15) is 0 Å². The van der Waals surface area contributed by atoms with Crippen molar-refractivity contribution in [3.05, 3.63) is 28.2 Å². The van der Waals surface area contributed by atoms with E-state index in [4.69, 9.17) is 5.73 Å². The average molecular weight is 269 g/mol. The van der Waals surface area contributed by atoms with Crippen LogP contribution in [0.15, 0.2) is 22.7 Å². The number of nitrogens with one attached hydrogen (secondary N) is 1. The third-order valence-corrected chi connectivity index (χ3v) is 3.17. The third kappa shape index (κ3) is 2.21. The number of halogens is 1. The van der Waals surface area contributed by atoms with Gasteiger partial charge in [-0.25, -0.2) is 0 Å². The third-order valence-electron chi connectivity index (χ3n) is 2.67. The molecule has 0 aliphatic carbocycles. The average Bonchev–Trinajstić information content (AvgIpc) is 2.19. The fourth-order valence-electron chi connectivity index (χ4n) is 1.98. The Morgan fingerprint density at radius 1 is 1.53 bits per heavy atom. The largest absolute Gasteiger partial charge is 0.330 e. The molecule has 0 radical (unpaired) electrons. The van der Waals surface area contributed by atoms with E-state index in [2.05, 4.69) is 27.3 Å². The van der Waals surface area contributed by atoms with Crippen LogP contribution in [-0.4, -0.2) is 12.5 Å². The maximum atomic E-state index is 11.4. The Labute approximate surface area is 97.2 Å². The first kappa shape index (κ1) is 10.6. The summed E-state index contributed by atoms with van der Waals surface area (Å²) in [5.74, 6) is 0.347. The van der Waals surface area contributed by atoms with Crippen LogP contribution in [0.4, 0.5) is 5.69 Å². The fraction of sp³-hybridized carbons (Fsp3) is 0.364. The maximum absolute atomic E-state index is 11.4. The van der Waals surface area contributed by atoms with E-state index in [-0.39, 0.29) is 11.8 Å². The quantitative estimate of drug-likeness (QED) is 0.865. The van der Waals surface area contributed by atoms with Crippen molar-refractivity contribution in [2.45, 2.75) is 18.8 Å². The van der Waals surface area contributed by atoms with Gasteiger partial charge in [0, 0.05) is 16.6 Å². The van der Waals surface area contributed by atoms with Crippen LogP contribution >= 0.6 is 15.9 Å². The van der Waals surface area contributed by atoms with Crippen LogP contribution in [0.2, 0.25) is 0 Å². The standard InChI is InChI=1S/C11H13BrN2O/c12-8-1-2-10-9(6-8)7(3-4-13)5-11(15)14-10/h1-2,6-7H,3-5,13H2,(H,14,15). The van der Waals surface area contributed by atoms with Gasteiger partial charge in [0.15, 0.2) is 0 Å². The molecule has 1 atom stereocenters. The molecule has 1 aromatic rings. The van der Waals surface area contributed by atoms with Gasteiger partial charge in [-0.1, -0.05) is 15.9 Å². The molecular weight excluding hydrogens is 256 g/mol. The summed E-state index contributed by atoms with van der Waals surface area (Å²) in [7, 11) is 0. The number of rotatable bonds is 2. The predicted octanol–water partition coefficient (Wildman–Crippen LogP) is 2.22. The predicted molar refractivity (Wildman–Crippen MR) is 63.8 cm³/mol. The van der Waals surface area contributed by atoms with Crippen LogP contribution in [0.1, 0.15) is 24.3 Å². The zero-order chi connectivity index (χ0) is 10.8. The van der Waals surface area contributed by atoms with Gasteiger partial charge in [0.25, 0.3) is 0 Å². The van der Waals surface area contributed by atoms with E-state index in [1.165, 1.54) is 5.56 Å². The molecule has 0 saturated carbocycles. The zero-order valence-electron chi connectivity index (χ0n) is 8.29. The molecule has 0 spiro atoms. The molecule has 1 unspecified atom stereocenters. The summed E-state index contributed by atoms with van der Waals surface area (Å²) in [5, 5.41) is 2.87. The minimum atomic E-state index is 0.0864. The number of fused-ring (bicyclic) bond motifs is 1. The molecule has 80 valence electrons. The van der Waals surface area contributed by atoms with Crippen LogP contribution in [0.25, 0.3) is 0 Å². The van der Waals surface area contributed by atoms with Crippen molar-refractivity contribution in [1.82, 2.24) is 0 Å². The fourth-order valence-corrected chi connectivity index (χ4v) is 2.36. The highest BCUT2D eigenvalue weighted by molar-refractivity contribution is 9.10. The first-order valence-corrected chi connectivity index (χ1v) is 5.79. The molecule has 3 nitrogen and oxygen atoms in total. The van der Waals surface area contributed by atoms with Crippen LogP contribution < -0.4 is 11.1 Å². The lowest BCUT2D eigenvalue weighted by Crippen LogP contribution is -2.24. The number of nitrogens with two attached hydrogens (primary N) is 1. The second kappa shape index (κ2) is 4.33. The molecule has 1 aliphatic rings. The number of benzene rings is 1. The first-order chi connectivity index (χ1) is 7.20. The van der Waals surface area contributed by atoms with Crippen molar-refractivity contribution >= 4 is 27.5 Å². The van der Waals surface area contributed by atoms with Crippen molar-refractivity contribution in [2.75, 3.05) is 11.9 Å². The van der Waals surface area contributed by atoms with E-state index < -0.39 is 0 Å². The molecule has 4 heteroatoms. The number of amides is 1. The highest BCUT2D eigenvalue weighted by atomic mass is 79.9. The number of hydrogen-bond donors (Lipinski definition) is 2. The van der Waals surface area contributed by atoms with Gasteiger partial charge in [-0.05, 0) is 42.6 Å². The van der Waals surface area contributed by atoms with Gasteiger partial charge in [0.05, 0.1) is 0 Å². The van der Waals surface area contributed by atoms with Gasteiger partial charge in [0.2, 0.25) is 5.91 Å². The lowest BCUT2D eigenvalue weighted by Gasteiger charge is -2.25. The Kier molecular flexibility index (Phi) is 3.07. The molecule has 0 saturated heterocycles. The minimum absolute atomic E-state index is 0.0864. The Balaban J connectivity index is 2.38. The van der Waals surface area contributed by atoms with Crippen molar-refractivity contribution in [2.24, 2.45) is 5.73 Å². The van der Waals surface area contributed by atoms with Crippen molar-refractivity contribution < 1.29 is 4.79 Å². The van der Waals surface area contributed by atoms with E-state index in [1.54, 1.807) is 0 Å².